The minimum atomic E-state index is 0.395. The summed E-state index contributed by atoms with van der Waals surface area (Å²) in [7, 11) is 1.82. The van der Waals surface area contributed by atoms with E-state index in [0.29, 0.717) is 19.2 Å². The van der Waals surface area contributed by atoms with Crippen LogP contribution in [0.3, 0.4) is 0 Å². The molecule has 168 valence electrons. The largest absolute Gasteiger partial charge is 0.487 e. The summed E-state index contributed by atoms with van der Waals surface area (Å²) >= 11 is 1.83. The number of ether oxygens (including phenoxy) is 1. The summed E-state index contributed by atoms with van der Waals surface area (Å²) in [4.78, 5) is 12.7. The SMILES string of the molecule is CN=C(NCc1ccc(OCc2ccccn2)cc1)NCC(c1cccs1)N1CCCC1. The van der Waals surface area contributed by atoms with Gasteiger partial charge in [-0.1, -0.05) is 24.3 Å². The van der Waals surface area contributed by atoms with Gasteiger partial charge in [0.25, 0.3) is 0 Å². The molecule has 2 aromatic heterocycles. The van der Waals surface area contributed by atoms with Gasteiger partial charge in [0.2, 0.25) is 0 Å². The maximum atomic E-state index is 5.82. The van der Waals surface area contributed by atoms with Gasteiger partial charge >= 0.3 is 0 Å². The van der Waals surface area contributed by atoms with Crippen LogP contribution in [0.15, 0.2) is 71.2 Å². The molecule has 6 nitrogen and oxygen atoms in total. The van der Waals surface area contributed by atoms with E-state index in [4.69, 9.17) is 4.74 Å². The monoisotopic (exact) mass is 449 g/mol. The zero-order valence-electron chi connectivity index (χ0n) is 18.5. The fourth-order valence-corrected chi connectivity index (χ4v) is 4.75. The van der Waals surface area contributed by atoms with E-state index in [1.165, 1.54) is 36.4 Å². The Balaban J connectivity index is 1.25. The summed E-state index contributed by atoms with van der Waals surface area (Å²) in [6.07, 6.45) is 4.36. The van der Waals surface area contributed by atoms with E-state index < -0.39 is 0 Å². The van der Waals surface area contributed by atoms with Crippen molar-refractivity contribution in [2.24, 2.45) is 4.99 Å². The van der Waals surface area contributed by atoms with Crippen LogP contribution >= 0.6 is 11.3 Å². The molecule has 1 fully saturated rings. The van der Waals surface area contributed by atoms with Crippen molar-refractivity contribution < 1.29 is 4.74 Å². The van der Waals surface area contributed by atoms with Crippen LogP contribution in [-0.4, -0.2) is 42.5 Å². The van der Waals surface area contributed by atoms with Crippen molar-refractivity contribution in [3.63, 3.8) is 0 Å². The van der Waals surface area contributed by atoms with Crippen molar-refractivity contribution in [3.8, 4) is 5.75 Å². The van der Waals surface area contributed by atoms with Gasteiger partial charge in [-0.05, 0) is 67.2 Å². The Kier molecular flexibility index (Phi) is 8.11. The second-order valence-electron chi connectivity index (χ2n) is 7.83. The Bertz CT molecular complexity index is 954. The van der Waals surface area contributed by atoms with Crippen molar-refractivity contribution in [3.05, 3.63) is 82.3 Å². The smallest absolute Gasteiger partial charge is 0.191 e. The van der Waals surface area contributed by atoms with Gasteiger partial charge in [0.05, 0.1) is 11.7 Å². The molecule has 4 rings (SSSR count). The van der Waals surface area contributed by atoms with Crippen molar-refractivity contribution in [2.45, 2.75) is 32.0 Å². The molecule has 1 aliphatic rings. The lowest BCUT2D eigenvalue weighted by Crippen LogP contribution is -2.42. The third-order valence-corrected chi connectivity index (χ3v) is 6.61. The normalized spacial score (nSPS) is 15.5. The number of guanidine groups is 1. The van der Waals surface area contributed by atoms with Gasteiger partial charge in [-0.15, -0.1) is 11.3 Å². The van der Waals surface area contributed by atoms with E-state index in [9.17, 15) is 0 Å². The fraction of sp³-hybridized carbons (Fsp3) is 0.360. The Morgan fingerprint density at radius 2 is 1.94 bits per heavy atom. The molecule has 3 heterocycles. The number of hydrogen-bond acceptors (Lipinski definition) is 5. The lowest BCUT2D eigenvalue weighted by atomic mass is 10.2. The summed E-state index contributed by atoms with van der Waals surface area (Å²) in [5, 5.41) is 9.12. The number of aliphatic imine (C=N–C) groups is 1. The first kappa shape index (κ1) is 22.3. The van der Waals surface area contributed by atoms with Gasteiger partial charge in [-0.25, -0.2) is 0 Å². The van der Waals surface area contributed by atoms with Gasteiger partial charge < -0.3 is 15.4 Å². The summed E-state index contributed by atoms with van der Waals surface area (Å²) < 4.78 is 5.82. The summed E-state index contributed by atoms with van der Waals surface area (Å²) in [6, 6.07) is 18.8. The minimum absolute atomic E-state index is 0.395. The van der Waals surface area contributed by atoms with Crippen LogP contribution in [0.4, 0.5) is 0 Å². The highest BCUT2D eigenvalue weighted by molar-refractivity contribution is 7.10. The van der Waals surface area contributed by atoms with E-state index in [1.54, 1.807) is 6.20 Å². The first-order chi connectivity index (χ1) is 15.8. The van der Waals surface area contributed by atoms with Crippen molar-refractivity contribution in [1.82, 2.24) is 20.5 Å². The maximum absolute atomic E-state index is 5.82. The Hall–Kier alpha value is -2.90. The standard InChI is InChI=1S/C25H31N5OS/c1-26-25(29-18-23(24-8-6-16-32-24)30-14-4-5-15-30)28-17-20-9-11-22(12-10-20)31-19-21-7-2-3-13-27-21/h2-3,6-13,16,23H,4-5,14-15,17-19H2,1H3,(H2,26,28,29). The van der Waals surface area contributed by atoms with Gasteiger partial charge in [-0.2, -0.15) is 0 Å². The molecule has 0 spiro atoms. The van der Waals surface area contributed by atoms with Crippen LogP contribution in [-0.2, 0) is 13.2 Å². The molecule has 0 amide bonds. The second-order valence-corrected chi connectivity index (χ2v) is 8.81. The Labute approximate surface area is 194 Å². The molecule has 1 aromatic carbocycles. The average Bonchev–Trinajstić information content (AvgIpc) is 3.56. The molecule has 3 aromatic rings. The molecule has 32 heavy (non-hydrogen) atoms. The molecule has 0 aliphatic carbocycles. The number of hydrogen-bond donors (Lipinski definition) is 2. The minimum Gasteiger partial charge on any atom is -0.487 e. The first-order valence-electron chi connectivity index (χ1n) is 11.2. The third-order valence-electron chi connectivity index (χ3n) is 5.64. The number of aromatic nitrogens is 1. The number of pyridine rings is 1. The van der Waals surface area contributed by atoms with Crippen molar-refractivity contribution in [1.29, 1.82) is 0 Å². The lowest BCUT2D eigenvalue weighted by molar-refractivity contribution is 0.249. The zero-order valence-corrected chi connectivity index (χ0v) is 19.4. The number of nitrogens with zero attached hydrogens (tertiary/aromatic N) is 3. The van der Waals surface area contributed by atoms with E-state index in [1.807, 2.05) is 48.7 Å². The summed E-state index contributed by atoms with van der Waals surface area (Å²) in [5.41, 5.74) is 2.09. The van der Waals surface area contributed by atoms with E-state index >= 15 is 0 Å². The Morgan fingerprint density at radius 3 is 2.62 bits per heavy atom. The molecule has 7 heteroatoms. The van der Waals surface area contributed by atoms with Crippen molar-refractivity contribution in [2.75, 3.05) is 26.7 Å². The Morgan fingerprint density at radius 1 is 1.09 bits per heavy atom. The first-order valence-corrected chi connectivity index (χ1v) is 12.0. The highest BCUT2D eigenvalue weighted by Gasteiger charge is 2.24. The molecule has 1 aliphatic heterocycles. The molecular formula is C25H31N5OS. The van der Waals surface area contributed by atoms with Gasteiger partial charge in [0, 0.05) is 31.2 Å². The number of benzene rings is 1. The van der Waals surface area contributed by atoms with Crippen molar-refractivity contribution >= 4 is 17.3 Å². The fourth-order valence-electron chi connectivity index (χ4n) is 3.89. The molecular weight excluding hydrogens is 418 g/mol. The maximum Gasteiger partial charge on any atom is 0.191 e. The number of thiophene rings is 1. The average molecular weight is 450 g/mol. The number of rotatable bonds is 9. The molecule has 1 atom stereocenters. The number of likely N-dealkylation sites (tertiary alicyclic amines) is 1. The summed E-state index contributed by atoms with van der Waals surface area (Å²) in [5.74, 6) is 1.66. The van der Waals surface area contributed by atoms with Crippen LogP contribution in [0, 0.1) is 0 Å². The van der Waals surface area contributed by atoms with Gasteiger partial charge in [0.15, 0.2) is 5.96 Å². The van der Waals surface area contributed by atoms with Crippen LogP contribution < -0.4 is 15.4 Å². The topological polar surface area (TPSA) is 61.8 Å². The summed E-state index contributed by atoms with van der Waals surface area (Å²) in [6.45, 7) is 4.36. The van der Waals surface area contributed by atoms with Crippen LogP contribution in [0.2, 0.25) is 0 Å². The molecule has 0 bridgehead atoms. The highest BCUT2D eigenvalue weighted by atomic mass is 32.1. The molecule has 2 N–H and O–H groups in total. The molecule has 0 saturated carbocycles. The molecule has 1 saturated heterocycles. The molecule has 1 unspecified atom stereocenters. The quantitative estimate of drug-likeness (QED) is 0.378. The van der Waals surface area contributed by atoms with E-state index in [0.717, 1.165) is 23.9 Å². The van der Waals surface area contributed by atoms with Gasteiger partial charge in [-0.3, -0.25) is 14.9 Å². The zero-order chi connectivity index (χ0) is 22.0. The predicted molar refractivity (Wildman–Crippen MR) is 131 cm³/mol. The van der Waals surface area contributed by atoms with Crippen LogP contribution in [0.5, 0.6) is 5.75 Å². The second kappa shape index (κ2) is 11.6. The number of nitrogens with one attached hydrogen (secondary N) is 2. The van der Waals surface area contributed by atoms with E-state index in [2.05, 4.69) is 55.2 Å². The van der Waals surface area contributed by atoms with Gasteiger partial charge in [0.1, 0.15) is 12.4 Å². The highest BCUT2D eigenvalue weighted by Crippen LogP contribution is 2.27. The molecule has 0 radical (unpaired) electrons. The predicted octanol–water partition coefficient (Wildman–Crippen LogP) is 4.22. The lowest BCUT2D eigenvalue weighted by Gasteiger charge is -2.27. The van der Waals surface area contributed by atoms with E-state index in [-0.39, 0.29) is 0 Å². The van der Waals surface area contributed by atoms with Crippen LogP contribution in [0.25, 0.3) is 0 Å². The van der Waals surface area contributed by atoms with Crippen LogP contribution in [0.1, 0.15) is 35.0 Å². The third kappa shape index (κ3) is 6.31.